The Morgan fingerprint density at radius 3 is 3.25 bits per heavy atom. The fourth-order valence-electron chi connectivity index (χ4n) is 1.97. The Balaban J connectivity index is 1.82. The third-order valence-electron chi connectivity index (χ3n) is 2.87. The zero-order valence-electron chi connectivity index (χ0n) is 8.85. The van der Waals surface area contributed by atoms with Crippen LogP contribution in [-0.4, -0.2) is 23.2 Å². The van der Waals surface area contributed by atoms with Crippen LogP contribution in [0.3, 0.4) is 0 Å². The number of hydrogen-bond acceptors (Lipinski definition) is 5. The molecule has 3 heterocycles. The first-order valence-corrected chi connectivity index (χ1v) is 6.44. The van der Waals surface area contributed by atoms with Crippen molar-refractivity contribution in [3.05, 3.63) is 22.7 Å². The van der Waals surface area contributed by atoms with Crippen LogP contribution >= 0.6 is 11.3 Å². The molecule has 16 heavy (non-hydrogen) atoms. The second kappa shape index (κ2) is 4.35. The van der Waals surface area contributed by atoms with E-state index in [0.29, 0.717) is 11.7 Å². The van der Waals surface area contributed by atoms with Crippen LogP contribution in [-0.2, 0) is 0 Å². The van der Waals surface area contributed by atoms with Gasteiger partial charge in [0.05, 0.1) is 5.92 Å². The highest BCUT2D eigenvalue weighted by Gasteiger charge is 2.21. The number of nitrogens with one attached hydrogen (secondary N) is 1. The van der Waals surface area contributed by atoms with E-state index in [4.69, 9.17) is 4.52 Å². The maximum atomic E-state index is 5.33. The molecule has 0 spiro atoms. The van der Waals surface area contributed by atoms with Crippen LogP contribution < -0.4 is 5.32 Å². The minimum atomic E-state index is 0.383. The van der Waals surface area contributed by atoms with Crippen LogP contribution in [0.4, 0.5) is 0 Å². The number of aromatic nitrogens is 2. The molecule has 5 heteroatoms. The molecule has 0 aromatic carbocycles. The fourth-order valence-corrected chi connectivity index (χ4v) is 2.61. The Bertz CT molecular complexity index is 446. The average molecular weight is 235 g/mol. The van der Waals surface area contributed by atoms with E-state index < -0.39 is 0 Å². The van der Waals surface area contributed by atoms with Gasteiger partial charge in [-0.1, -0.05) is 5.16 Å². The van der Waals surface area contributed by atoms with Gasteiger partial charge in [0, 0.05) is 17.5 Å². The molecular formula is C11H13N3OS. The van der Waals surface area contributed by atoms with E-state index in [0.717, 1.165) is 31.0 Å². The monoisotopic (exact) mass is 235 g/mol. The first kappa shape index (κ1) is 9.99. The minimum absolute atomic E-state index is 0.383. The van der Waals surface area contributed by atoms with Gasteiger partial charge in [-0.3, -0.25) is 0 Å². The molecule has 1 aliphatic heterocycles. The molecule has 1 N–H and O–H groups in total. The minimum Gasteiger partial charge on any atom is -0.339 e. The highest BCUT2D eigenvalue weighted by molar-refractivity contribution is 7.08. The smallest absolute Gasteiger partial charge is 0.231 e. The van der Waals surface area contributed by atoms with E-state index in [1.54, 1.807) is 11.3 Å². The van der Waals surface area contributed by atoms with Gasteiger partial charge in [0.2, 0.25) is 11.7 Å². The molecule has 1 atom stereocenters. The lowest BCUT2D eigenvalue weighted by Gasteiger charge is -2.18. The van der Waals surface area contributed by atoms with Crippen LogP contribution in [0.2, 0.25) is 0 Å². The third kappa shape index (κ3) is 1.88. The van der Waals surface area contributed by atoms with Gasteiger partial charge in [-0.05, 0) is 30.8 Å². The molecule has 0 unspecified atom stereocenters. The molecule has 84 valence electrons. The molecule has 0 aliphatic carbocycles. The largest absolute Gasteiger partial charge is 0.339 e. The van der Waals surface area contributed by atoms with Crippen LogP contribution in [0, 0.1) is 0 Å². The summed E-state index contributed by atoms with van der Waals surface area (Å²) in [7, 11) is 0. The van der Waals surface area contributed by atoms with E-state index in [9.17, 15) is 0 Å². The van der Waals surface area contributed by atoms with Crippen molar-refractivity contribution in [1.82, 2.24) is 15.5 Å². The molecule has 1 saturated heterocycles. The molecule has 0 amide bonds. The summed E-state index contributed by atoms with van der Waals surface area (Å²) in [6.45, 7) is 2.05. The average Bonchev–Trinajstić information content (AvgIpc) is 3.01. The normalized spacial score (nSPS) is 21.1. The van der Waals surface area contributed by atoms with Crippen LogP contribution in [0.25, 0.3) is 11.4 Å². The molecule has 1 fully saturated rings. The Morgan fingerprint density at radius 2 is 2.50 bits per heavy atom. The summed E-state index contributed by atoms with van der Waals surface area (Å²) in [5, 5.41) is 11.4. The topological polar surface area (TPSA) is 51.0 Å². The highest BCUT2D eigenvalue weighted by atomic mass is 32.1. The molecule has 0 saturated carbocycles. The summed E-state index contributed by atoms with van der Waals surface area (Å²) < 4.78 is 5.33. The van der Waals surface area contributed by atoms with Gasteiger partial charge < -0.3 is 9.84 Å². The van der Waals surface area contributed by atoms with E-state index >= 15 is 0 Å². The zero-order chi connectivity index (χ0) is 10.8. The van der Waals surface area contributed by atoms with Crippen molar-refractivity contribution in [3.63, 3.8) is 0 Å². The maximum Gasteiger partial charge on any atom is 0.231 e. The van der Waals surface area contributed by atoms with Gasteiger partial charge in [-0.15, -0.1) is 0 Å². The van der Waals surface area contributed by atoms with E-state index in [1.807, 2.05) is 16.8 Å². The molecule has 1 aliphatic rings. The van der Waals surface area contributed by atoms with Crippen LogP contribution in [0.1, 0.15) is 24.7 Å². The molecule has 0 radical (unpaired) electrons. The molecule has 2 aromatic heterocycles. The number of nitrogens with zero attached hydrogens (tertiary/aromatic N) is 2. The predicted molar refractivity (Wildman–Crippen MR) is 62.5 cm³/mol. The molecule has 0 bridgehead atoms. The number of hydrogen-bond donors (Lipinski definition) is 1. The SMILES string of the molecule is c1cc(-c2noc([C@@H]3CCCNC3)n2)cs1. The number of piperidine rings is 1. The van der Waals surface area contributed by atoms with E-state index in [-0.39, 0.29) is 0 Å². The van der Waals surface area contributed by atoms with Crippen LogP contribution in [0.5, 0.6) is 0 Å². The second-order valence-electron chi connectivity index (χ2n) is 4.01. The Hall–Kier alpha value is -1.20. The van der Waals surface area contributed by atoms with Gasteiger partial charge in [-0.2, -0.15) is 16.3 Å². The Kier molecular flexibility index (Phi) is 2.71. The van der Waals surface area contributed by atoms with Gasteiger partial charge >= 0.3 is 0 Å². The fraction of sp³-hybridized carbons (Fsp3) is 0.455. The van der Waals surface area contributed by atoms with Crippen molar-refractivity contribution < 1.29 is 4.52 Å². The van der Waals surface area contributed by atoms with Crippen molar-refractivity contribution in [1.29, 1.82) is 0 Å². The third-order valence-corrected chi connectivity index (χ3v) is 3.55. The lowest BCUT2D eigenvalue weighted by atomic mass is 10.00. The lowest BCUT2D eigenvalue weighted by molar-refractivity contribution is 0.322. The lowest BCUT2D eigenvalue weighted by Crippen LogP contribution is -2.28. The zero-order valence-corrected chi connectivity index (χ0v) is 9.67. The van der Waals surface area contributed by atoms with Crippen molar-refractivity contribution in [3.8, 4) is 11.4 Å². The first-order chi connectivity index (χ1) is 7.93. The summed E-state index contributed by atoms with van der Waals surface area (Å²) in [4.78, 5) is 4.47. The summed E-state index contributed by atoms with van der Waals surface area (Å²) in [5.41, 5.74) is 1.05. The summed E-state index contributed by atoms with van der Waals surface area (Å²) in [6, 6.07) is 2.01. The maximum absolute atomic E-state index is 5.33. The van der Waals surface area contributed by atoms with Crippen LogP contribution in [0.15, 0.2) is 21.3 Å². The van der Waals surface area contributed by atoms with Crippen molar-refractivity contribution in [2.45, 2.75) is 18.8 Å². The number of thiophene rings is 1. The van der Waals surface area contributed by atoms with Gasteiger partial charge in [-0.25, -0.2) is 0 Å². The summed E-state index contributed by atoms with van der Waals surface area (Å²) in [5.74, 6) is 1.86. The van der Waals surface area contributed by atoms with Gasteiger partial charge in [0.25, 0.3) is 0 Å². The molecule has 4 nitrogen and oxygen atoms in total. The van der Waals surface area contributed by atoms with E-state index in [2.05, 4.69) is 15.5 Å². The van der Waals surface area contributed by atoms with Crippen molar-refractivity contribution in [2.24, 2.45) is 0 Å². The Labute approximate surface area is 97.7 Å². The molecule has 2 aromatic rings. The van der Waals surface area contributed by atoms with Gasteiger partial charge in [0.15, 0.2) is 0 Å². The predicted octanol–water partition coefficient (Wildman–Crippen LogP) is 2.27. The quantitative estimate of drug-likeness (QED) is 0.867. The highest BCUT2D eigenvalue weighted by Crippen LogP contribution is 2.25. The van der Waals surface area contributed by atoms with E-state index in [1.165, 1.54) is 6.42 Å². The standard InChI is InChI=1S/C11H13N3OS/c1-2-8(6-12-4-1)11-13-10(14-15-11)9-3-5-16-7-9/h3,5,7-8,12H,1-2,4,6H2/t8-/m1/s1. The molecular weight excluding hydrogens is 222 g/mol. The molecule has 3 rings (SSSR count). The van der Waals surface area contributed by atoms with Gasteiger partial charge in [0.1, 0.15) is 0 Å². The first-order valence-electron chi connectivity index (χ1n) is 5.50. The number of rotatable bonds is 2. The van der Waals surface area contributed by atoms with Crippen molar-refractivity contribution in [2.75, 3.05) is 13.1 Å². The summed E-state index contributed by atoms with van der Waals surface area (Å²) >= 11 is 1.65. The second-order valence-corrected chi connectivity index (χ2v) is 4.79. The van der Waals surface area contributed by atoms with Crippen molar-refractivity contribution >= 4 is 11.3 Å². The Morgan fingerprint density at radius 1 is 1.50 bits per heavy atom. The summed E-state index contributed by atoms with van der Waals surface area (Å²) in [6.07, 6.45) is 2.32.